The van der Waals surface area contributed by atoms with Crippen LogP contribution in [-0.4, -0.2) is 60.0 Å². The van der Waals surface area contributed by atoms with Crippen molar-refractivity contribution in [3.05, 3.63) is 58.5 Å². The molecule has 1 unspecified atom stereocenters. The van der Waals surface area contributed by atoms with Gasteiger partial charge in [-0.3, -0.25) is 4.79 Å². The highest BCUT2D eigenvalue weighted by Gasteiger charge is 2.31. The van der Waals surface area contributed by atoms with Crippen LogP contribution in [0, 0.1) is 11.6 Å². The molecule has 0 spiro atoms. The maximum atomic E-state index is 13.8. The van der Waals surface area contributed by atoms with Crippen molar-refractivity contribution in [2.75, 3.05) is 31.1 Å². The number of hydrogen-bond donors (Lipinski definition) is 0. The predicted molar refractivity (Wildman–Crippen MR) is 125 cm³/mol. The van der Waals surface area contributed by atoms with Crippen molar-refractivity contribution in [2.24, 2.45) is 0 Å². The number of sulfonamides is 1. The van der Waals surface area contributed by atoms with Gasteiger partial charge in [0.2, 0.25) is 15.8 Å². The first-order valence-corrected chi connectivity index (χ1v) is 12.8. The van der Waals surface area contributed by atoms with Gasteiger partial charge < -0.3 is 9.64 Å². The molecule has 1 aromatic carbocycles. The number of aromatic nitrogens is 2. The van der Waals surface area contributed by atoms with E-state index in [0.29, 0.717) is 18.8 Å². The monoisotopic (exact) mass is 494 g/mol. The number of nitrogens with zero attached hydrogens (tertiary/aromatic N) is 4. The lowest BCUT2D eigenvalue weighted by molar-refractivity contribution is 0.225. The summed E-state index contributed by atoms with van der Waals surface area (Å²) in [6, 6.07) is 2.77. The highest BCUT2D eigenvalue weighted by atomic mass is 32.2. The molecule has 0 N–H and O–H groups in total. The molecule has 0 saturated carbocycles. The van der Waals surface area contributed by atoms with Gasteiger partial charge in [0.15, 0.2) is 0 Å². The fourth-order valence-corrected chi connectivity index (χ4v) is 5.39. The molecule has 2 aromatic rings. The lowest BCUT2D eigenvalue weighted by Crippen LogP contribution is -2.50. The van der Waals surface area contributed by atoms with Crippen molar-refractivity contribution >= 4 is 15.7 Å². The maximum absolute atomic E-state index is 13.8. The minimum absolute atomic E-state index is 0.0244. The van der Waals surface area contributed by atoms with Crippen molar-refractivity contribution in [2.45, 2.75) is 44.5 Å². The number of benzene rings is 1. The Labute approximate surface area is 197 Å². The van der Waals surface area contributed by atoms with Gasteiger partial charge in [0, 0.05) is 32.2 Å². The quantitative estimate of drug-likeness (QED) is 0.575. The molecule has 1 aliphatic heterocycles. The summed E-state index contributed by atoms with van der Waals surface area (Å²) < 4.78 is 61.1. The van der Waals surface area contributed by atoms with Gasteiger partial charge in [-0.25, -0.2) is 17.2 Å². The molecule has 34 heavy (non-hydrogen) atoms. The van der Waals surface area contributed by atoms with Crippen molar-refractivity contribution in [3.63, 3.8) is 0 Å². The van der Waals surface area contributed by atoms with Crippen molar-refractivity contribution in [1.29, 1.82) is 0 Å². The minimum atomic E-state index is -3.38. The van der Waals surface area contributed by atoms with Crippen LogP contribution >= 0.6 is 0 Å². The largest absolute Gasteiger partial charge is 0.479 e. The number of halogens is 2. The molecule has 0 radical (unpaired) electrons. The molecule has 11 heteroatoms. The van der Waals surface area contributed by atoms with Crippen LogP contribution in [0.1, 0.15) is 33.1 Å². The van der Waals surface area contributed by atoms with E-state index in [9.17, 15) is 22.0 Å². The molecular formula is C23H28F2N4O4S. The van der Waals surface area contributed by atoms with E-state index in [2.05, 4.69) is 5.10 Å². The van der Waals surface area contributed by atoms with Crippen molar-refractivity contribution in [3.8, 4) is 11.4 Å². The van der Waals surface area contributed by atoms with Gasteiger partial charge >= 0.3 is 5.56 Å². The predicted octanol–water partition coefficient (Wildman–Crippen LogP) is 2.86. The van der Waals surface area contributed by atoms with Crippen LogP contribution in [-0.2, 0) is 10.0 Å². The number of piperazine rings is 1. The summed E-state index contributed by atoms with van der Waals surface area (Å²) in [5.41, 5.74) is -0.261. The van der Waals surface area contributed by atoms with Gasteiger partial charge in [-0.05, 0) is 51.3 Å². The topological polar surface area (TPSA) is 84.7 Å². The number of ether oxygens (including phenoxy) is 1. The molecule has 1 saturated heterocycles. The number of rotatable bonds is 6. The van der Waals surface area contributed by atoms with E-state index in [1.54, 1.807) is 13.8 Å². The molecule has 1 aromatic heterocycles. The fourth-order valence-electron chi connectivity index (χ4n) is 4.12. The summed E-state index contributed by atoms with van der Waals surface area (Å²) >= 11 is 0. The lowest BCUT2D eigenvalue weighted by Gasteiger charge is -2.36. The molecule has 1 aliphatic carbocycles. The van der Waals surface area contributed by atoms with Gasteiger partial charge in [-0.1, -0.05) is 6.08 Å². The Bertz CT molecular complexity index is 1220. The summed E-state index contributed by atoms with van der Waals surface area (Å²) in [7, 11) is -3.38. The molecule has 0 amide bonds. The molecule has 2 heterocycles. The van der Waals surface area contributed by atoms with E-state index < -0.39 is 32.5 Å². The zero-order valence-electron chi connectivity index (χ0n) is 19.2. The third kappa shape index (κ3) is 5.00. The van der Waals surface area contributed by atoms with Gasteiger partial charge in [0.25, 0.3) is 0 Å². The summed E-state index contributed by atoms with van der Waals surface area (Å²) in [6.45, 7) is 4.52. The van der Waals surface area contributed by atoms with Crippen LogP contribution in [0.25, 0.3) is 5.69 Å². The summed E-state index contributed by atoms with van der Waals surface area (Å²) in [5, 5.41) is 3.63. The molecule has 2 aliphatic rings. The average Bonchev–Trinajstić information content (AvgIpc) is 2.80. The zero-order valence-corrected chi connectivity index (χ0v) is 20.0. The van der Waals surface area contributed by atoms with Gasteiger partial charge in [0.1, 0.15) is 23.4 Å². The van der Waals surface area contributed by atoms with Crippen LogP contribution in [0.5, 0.6) is 5.75 Å². The van der Waals surface area contributed by atoms with E-state index >= 15 is 0 Å². The fraction of sp³-hybridized carbons (Fsp3) is 0.478. The average molecular weight is 495 g/mol. The molecule has 184 valence electrons. The third-order valence-electron chi connectivity index (χ3n) is 6.02. The van der Waals surface area contributed by atoms with Gasteiger partial charge in [-0.15, -0.1) is 0 Å². The number of hydrogen-bond acceptors (Lipinski definition) is 6. The second-order valence-electron chi connectivity index (χ2n) is 8.70. The van der Waals surface area contributed by atoms with Crippen LogP contribution < -0.4 is 15.2 Å². The molecule has 8 nitrogen and oxygen atoms in total. The SMILES string of the molecule is CC(C)S(=O)(=O)N1CCN(c2cnn(-c3cc(F)cc(F)c3)c(=O)c2OC2C=CCCC2)CC1. The van der Waals surface area contributed by atoms with E-state index in [-0.39, 0.29) is 30.6 Å². The second-order valence-corrected chi connectivity index (χ2v) is 11.2. The Morgan fingerprint density at radius 1 is 1.09 bits per heavy atom. The third-order valence-corrected chi connectivity index (χ3v) is 8.30. The summed E-state index contributed by atoms with van der Waals surface area (Å²) in [6.07, 6.45) is 7.57. The Hall–Kier alpha value is -2.79. The Morgan fingerprint density at radius 3 is 2.35 bits per heavy atom. The summed E-state index contributed by atoms with van der Waals surface area (Å²) in [4.78, 5) is 15.3. The summed E-state index contributed by atoms with van der Waals surface area (Å²) in [5.74, 6) is -1.63. The maximum Gasteiger partial charge on any atom is 0.316 e. The van der Waals surface area contributed by atoms with Crippen LogP contribution in [0.15, 0.2) is 41.3 Å². The Kier molecular flexibility index (Phi) is 7.04. The van der Waals surface area contributed by atoms with E-state index in [4.69, 9.17) is 4.74 Å². The van der Waals surface area contributed by atoms with Crippen LogP contribution in [0.2, 0.25) is 0 Å². The molecule has 0 bridgehead atoms. The zero-order chi connectivity index (χ0) is 24.5. The number of anilines is 1. The number of allylic oxidation sites excluding steroid dienone is 1. The molecular weight excluding hydrogens is 466 g/mol. The lowest BCUT2D eigenvalue weighted by atomic mass is 10.1. The highest BCUT2D eigenvalue weighted by Crippen LogP contribution is 2.29. The van der Waals surface area contributed by atoms with Gasteiger partial charge in [-0.2, -0.15) is 14.1 Å². The smallest absolute Gasteiger partial charge is 0.316 e. The van der Waals surface area contributed by atoms with E-state index in [1.807, 2.05) is 17.1 Å². The second kappa shape index (κ2) is 9.83. The standard InChI is InChI=1S/C23H28F2N4O4S/c1-16(2)34(31,32)28-10-8-27(9-11-28)21-15-26-29(19-13-17(24)12-18(25)14-19)23(30)22(21)33-20-6-4-3-5-7-20/h4,6,12-16,20H,3,5,7-11H2,1-2H3. The molecule has 1 fully saturated rings. The first-order chi connectivity index (χ1) is 16.2. The Balaban J connectivity index is 1.69. The van der Waals surface area contributed by atoms with Crippen LogP contribution in [0.4, 0.5) is 14.5 Å². The van der Waals surface area contributed by atoms with Gasteiger partial charge in [0.05, 0.1) is 17.1 Å². The first-order valence-electron chi connectivity index (χ1n) is 11.3. The highest BCUT2D eigenvalue weighted by molar-refractivity contribution is 7.89. The normalized spacial score (nSPS) is 19.6. The Morgan fingerprint density at radius 2 is 1.76 bits per heavy atom. The van der Waals surface area contributed by atoms with Crippen molar-refractivity contribution < 1.29 is 21.9 Å². The molecule has 1 atom stereocenters. The van der Waals surface area contributed by atoms with Crippen LogP contribution in [0.3, 0.4) is 0 Å². The van der Waals surface area contributed by atoms with Crippen molar-refractivity contribution in [1.82, 2.24) is 14.1 Å². The minimum Gasteiger partial charge on any atom is -0.479 e. The first kappa shape index (κ1) is 24.3. The van der Waals surface area contributed by atoms with E-state index in [0.717, 1.165) is 42.1 Å². The molecule has 4 rings (SSSR count). The van der Waals surface area contributed by atoms with E-state index in [1.165, 1.54) is 10.5 Å².